The summed E-state index contributed by atoms with van der Waals surface area (Å²) in [5.74, 6) is 0.521. The molecule has 0 N–H and O–H groups in total. The van der Waals surface area contributed by atoms with Crippen LogP contribution < -0.4 is 0 Å². The van der Waals surface area contributed by atoms with Crippen molar-refractivity contribution in [2.24, 2.45) is 5.92 Å². The van der Waals surface area contributed by atoms with E-state index in [-0.39, 0.29) is 0 Å². The van der Waals surface area contributed by atoms with Crippen LogP contribution in [0.4, 0.5) is 0 Å². The highest BCUT2D eigenvalue weighted by Gasteiger charge is 2.25. The zero-order valence-electron chi connectivity index (χ0n) is 14.6. The molecule has 2 aromatic rings. The van der Waals surface area contributed by atoms with Gasteiger partial charge in [0.1, 0.15) is 0 Å². The molecular formula is C22H26S. The molecule has 120 valence electrons. The van der Waals surface area contributed by atoms with E-state index in [1.165, 1.54) is 39.0 Å². The van der Waals surface area contributed by atoms with Crippen LogP contribution >= 0.6 is 12.6 Å². The van der Waals surface area contributed by atoms with Gasteiger partial charge in [0.05, 0.1) is 0 Å². The standard InChI is InChI=1S/C21H22.CH4S/c1-14(2)20-16(4)13-18-11-10-15(3)12-19(18)21(20)17-8-6-5-7-9-17;1-2/h5-12,16H,1,13H2,2-4H3;2H,1H3. The average Bonchev–Trinajstić information content (AvgIpc) is 2.56. The van der Waals surface area contributed by atoms with Crippen molar-refractivity contribution in [3.05, 3.63) is 88.5 Å². The highest BCUT2D eigenvalue weighted by molar-refractivity contribution is 7.79. The zero-order valence-corrected chi connectivity index (χ0v) is 15.5. The van der Waals surface area contributed by atoms with Gasteiger partial charge in [-0.25, -0.2) is 0 Å². The molecular weight excluding hydrogens is 296 g/mol. The van der Waals surface area contributed by atoms with Gasteiger partial charge < -0.3 is 0 Å². The molecule has 0 heterocycles. The third kappa shape index (κ3) is 3.61. The van der Waals surface area contributed by atoms with E-state index in [0.717, 1.165) is 6.42 Å². The third-order valence-corrected chi connectivity index (χ3v) is 4.35. The number of aryl methyl sites for hydroxylation is 1. The van der Waals surface area contributed by atoms with Gasteiger partial charge in [0, 0.05) is 0 Å². The molecule has 0 nitrogen and oxygen atoms in total. The molecule has 1 atom stereocenters. The topological polar surface area (TPSA) is 0 Å². The maximum absolute atomic E-state index is 4.24. The van der Waals surface area contributed by atoms with Crippen LogP contribution in [0.2, 0.25) is 0 Å². The Hall–Kier alpha value is -1.73. The van der Waals surface area contributed by atoms with Gasteiger partial charge in [0.25, 0.3) is 0 Å². The number of rotatable bonds is 2. The normalized spacial score (nSPS) is 16.3. The Labute approximate surface area is 146 Å². The minimum absolute atomic E-state index is 0.521. The van der Waals surface area contributed by atoms with Gasteiger partial charge in [-0.3, -0.25) is 0 Å². The molecule has 0 saturated heterocycles. The molecule has 0 saturated carbocycles. The molecule has 0 aromatic heterocycles. The summed E-state index contributed by atoms with van der Waals surface area (Å²) in [4.78, 5) is 0. The SMILES string of the molecule is C=C(C)C1=C(c2ccccc2)c2cc(C)ccc2CC1C.CS. The van der Waals surface area contributed by atoms with E-state index >= 15 is 0 Å². The number of hydrogen-bond donors (Lipinski definition) is 1. The smallest absolute Gasteiger partial charge is 0.00712 e. The summed E-state index contributed by atoms with van der Waals surface area (Å²) in [5, 5.41) is 0. The molecule has 0 spiro atoms. The molecule has 2 aromatic carbocycles. The lowest BCUT2D eigenvalue weighted by atomic mass is 9.74. The molecule has 0 aliphatic heterocycles. The summed E-state index contributed by atoms with van der Waals surface area (Å²) >= 11 is 3.53. The molecule has 23 heavy (non-hydrogen) atoms. The fourth-order valence-electron chi connectivity index (χ4n) is 3.47. The van der Waals surface area contributed by atoms with Crippen molar-refractivity contribution in [3.63, 3.8) is 0 Å². The van der Waals surface area contributed by atoms with Crippen molar-refractivity contribution in [2.45, 2.75) is 27.2 Å². The molecule has 1 heteroatoms. The van der Waals surface area contributed by atoms with E-state index in [4.69, 9.17) is 0 Å². The van der Waals surface area contributed by atoms with Crippen LogP contribution in [0, 0.1) is 12.8 Å². The highest BCUT2D eigenvalue weighted by atomic mass is 32.1. The van der Waals surface area contributed by atoms with Crippen LogP contribution in [0.5, 0.6) is 0 Å². The third-order valence-electron chi connectivity index (χ3n) is 4.35. The summed E-state index contributed by atoms with van der Waals surface area (Å²) in [6, 6.07) is 17.6. The maximum atomic E-state index is 4.24. The second-order valence-electron chi connectivity index (χ2n) is 6.20. The maximum Gasteiger partial charge on any atom is -0.00712 e. The Morgan fingerprint density at radius 3 is 2.35 bits per heavy atom. The first kappa shape index (κ1) is 17.6. The number of thiol groups is 1. The summed E-state index contributed by atoms with van der Waals surface area (Å²) < 4.78 is 0. The Morgan fingerprint density at radius 2 is 1.74 bits per heavy atom. The monoisotopic (exact) mass is 322 g/mol. The Morgan fingerprint density at radius 1 is 1.09 bits per heavy atom. The van der Waals surface area contributed by atoms with E-state index in [0.29, 0.717) is 5.92 Å². The first-order valence-electron chi connectivity index (χ1n) is 8.08. The van der Waals surface area contributed by atoms with Crippen molar-refractivity contribution >= 4 is 18.2 Å². The second kappa shape index (κ2) is 7.70. The largest absolute Gasteiger partial charge is 0.183 e. The summed E-state index contributed by atoms with van der Waals surface area (Å²) in [5.41, 5.74) is 9.44. The second-order valence-corrected chi connectivity index (χ2v) is 6.20. The molecule has 0 bridgehead atoms. The van der Waals surface area contributed by atoms with Gasteiger partial charge in [-0.15, -0.1) is 0 Å². The summed E-state index contributed by atoms with van der Waals surface area (Å²) in [7, 11) is 0. The molecule has 0 radical (unpaired) electrons. The predicted octanol–water partition coefficient (Wildman–Crippen LogP) is 6.11. The number of benzene rings is 2. The Bertz CT molecular complexity index is 723. The van der Waals surface area contributed by atoms with Crippen molar-refractivity contribution in [1.29, 1.82) is 0 Å². The number of hydrogen-bond acceptors (Lipinski definition) is 1. The van der Waals surface area contributed by atoms with Gasteiger partial charge in [0.2, 0.25) is 0 Å². The van der Waals surface area contributed by atoms with Gasteiger partial charge in [-0.05, 0) is 60.3 Å². The fourth-order valence-corrected chi connectivity index (χ4v) is 3.47. The average molecular weight is 323 g/mol. The van der Waals surface area contributed by atoms with Crippen molar-refractivity contribution in [2.75, 3.05) is 6.26 Å². The first-order valence-corrected chi connectivity index (χ1v) is 8.97. The zero-order chi connectivity index (χ0) is 17.0. The predicted molar refractivity (Wildman–Crippen MR) is 106 cm³/mol. The molecule has 1 unspecified atom stereocenters. The van der Waals surface area contributed by atoms with Crippen LogP contribution in [0.1, 0.15) is 36.1 Å². The van der Waals surface area contributed by atoms with E-state index < -0.39 is 0 Å². The number of fused-ring (bicyclic) bond motifs is 1. The molecule has 1 aliphatic rings. The lowest BCUT2D eigenvalue weighted by molar-refractivity contribution is 0.675. The highest BCUT2D eigenvalue weighted by Crippen LogP contribution is 2.41. The molecule has 0 fully saturated rings. The van der Waals surface area contributed by atoms with Gasteiger partial charge >= 0.3 is 0 Å². The molecule has 1 aliphatic carbocycles. The summed E-state index contributed by atoms with van der Waals surface area (Å²) in [6.07, 6.45) is 2.80. The Kier molecular flexibility index (Phi) is 5.90. The van der Waals surface area contributed by atoms with Crippen LogP contribution in [-0.4, -0.2) is 6.26 Å². The van der Waals surface area contributed by atoms with Crippen molar-refractivity contribution in [3.8, 4) is 0 Å². The lowest BCUT2D eigenvalue weighted by Crippen LogP contribution is -2.15. The van der Waals surface area contributed by atoms with Gasteiger partial charge in [0.15, 0.2) is 0 Å². The van der Waals surface area contributed by atoms with Gasteiger partial charge in [-0.1, -0.05) is 73.2 Å². The van der Waals surface area contributed by atoms with Crippen LogP contribution in [0.25, 0.3) is 5.57 Å². The molecule has 0 amide bonds. The van der Waals surface area contributed by atoms with E-state index in [1.807, 2.05) is 0 Å². The van der Waals surface area contributed by atoms with E-state index in [9.17, 15) is 0 Å². The van der Waals surface area contributed by atoms with E-state index in [1.54, 1.807) is 6.26 Å². The quantitative estimate of drug-likeness (QED) is 0.633. The molecule has 3 rings (SSSR count). The Balaban J connectivity index is 0.000000924. The van der Waals surface area contributed by atoms with Gasteiger partial charge in [-0.2, -0.15) is 12.6 Å². The summed E-state index contributed by atoms with van der Waals surface area (Å²) in [6.45, 7) is 10.9. The van der Waals surface area contributed by atoms with Crippen LogP contribution in [0.3, 0.4) is 0 Å². The van der Waals surface area contributed by atoms with Crippen LogP contribution in [0.15, 0.2) is 66.3 Å². The number of allylic oxidation sites excluding steroid dienone is 2. The minimum atomic E-state index is 0.521. The fraction of sp³-hybridized carbons (Fsp3) is 0.273. The van der Waals surface area contributed by atoms with Crippen molar-refractivity contribution in [1.82, 2.24) is 0 Å². The van der Waals surface area contributed by atoms with Crippen molar-refractivity contribution < 1.29 is 0 Å². The van der Waals surface area contributed by atoms with Crippen LogP contribution in [-0.2, 0) is 6.42 Å². The minimum Gasteiger partial charge on any atom is -0.183 e. The lowest BCUT2D eigenvalue weighted by Gasteiger charge is -2.29. The first-order chi connectivity index (χ1) is 11.1. The van der Waals surface area contributed by atoms with E-state index in [2.05, 4.69) is 88.5 Å².